The summed E-state index contributed by atoms with van der Waals surface area (Å²) in [4.78, 5) is 0. The molecule has 1 heteroatoms. The quantitative estimate of drug-likeness (QED) is 0.503. The predicted molar refractivity (Wildman–Crippen MR) is 35.8 cm³/mol. The van der Waals surface area contributed by atoms with Gasteiger partial charge in [0.1, 0.15) is 0 Å². The second-order valence-corrected chi connectivity index (χ2v) is 2.44. The van der Waals surface area contributed by atoms with Crippen molar-refractivity contribution in [2.45, 2.75) is 25.8 Å². The lowest BCUT2D eigenvalue weighted by atomic mass is 10.1. The van der Waals surface area contributed by atoms with Crippen LogP contribution in [0.4, 0.5) is 0 Å². The highest BCUT2D eigenvalue weighted by Crippen LogP contribution is 2.11. The first kappa shape index (κ1) is 5.83. The van der Waals surface area contributed by atoms with Crippen LogP contribution in [0.2, 0.25) is 0 Å². The fourth-order valence-corrected chi connectivity index (χ4v) is 1.07. The smallest absolute Gasteiger partial charge is 0.0165 e. The van der Waals surface area contributed by atoms with Gasteiger partial charge in [0.15, 0.2) is 0 Å². The SMILES string of the molecule is C=C1CNC(CC)C1. The predicted octanol–water partition coefficient (Wildman–Crippen LogP) is 1.31. The normalized spacial score (nSPS) is 29.1. The van der Waals surface area contributed by atoms with Gasteiger partial charge in [-0.2, -0.15) is 0 Å². The van der Waals surface area contributed by atoms with Gasteiger partial charge >= 0.3 is 0 Å². The lowest BCUT2D eigenvalue weighted by Gasteiger charge is -2.01. The molecule has 0 radical (unpaired) electrons. The second kappa shape index (κ2) is 2.31. The van der Waals surface area contributed by atoms with Gasteiger partial charge in [0, 0.05) is 12.6 Å². The molecule has 1 N–H and O–H groups in total. The van der Waals surface area contributed by atoms with Crippen molar-refractivity contribution in [1.29, 1.82) is 0 Å². The maximum Gasteiger partial charge on any atom is 0.0165 e. The largest absolute Gasteiger partial charge is 0.310 e. The van der Waals surface area contributed by atoms with Crippen LogP contribution in [-0.4, -0.2) is 12.6 Å². The Morgan fingerprint density at radius 1 is 1.88 bits per heavy atom. The zero-order valence-electron chi connectivity index (χ0n) is 5.41. The van der Waals surface area contributed by atoms with Gasteiger partial charge in [-0.05, 0) is 12.8 Å². The van der Waals surface area contributed by atoms with E-state index in [9.17, 15) is 0 Å². The third-order valence-corrected chi connectivity index (χ3v) is 1.67. The molecule has 1 aliphatic heterocycles. The molecule has 1 nitrogen and oxygen atoms in total. The van der Waals surface area contributed by atoms with Crippen LogP contribution >= 0.6 is 0 Å². The van der Waals surface area contributed by atoms with Crippen molar-refractivity contribution in [1.82, 2.24) is 5.32 Å². The third-order valence-electron chi connectivity index (χ3n) is 1.67. The summed E-state index contributed by atoms with van der Waals surface area (Å²) in [6.45, 7) is 7.13. The molecule has 0 aromatic heterocycles. The van der Waals surface area contributed by atoms with Crippen molar-refractivity contribution in [3.05, 3.63) is 12.2 Å². The molecule has 0 aromatic rings. The highest BCUT2D eigenvalue weighted by atomic mass is 14.9. The standard InChI is InChI=1S/C7H13N/c1-3-7-4-6(2)5-8-7/h7-8H,2-5H2,1H3. The molecule has 0 aliphatic carbocycles. The van der Waals surface area contributed by atoms with Gasteiger partial charge in [-0.3, -0.25) is 0 Å². The van der Waals surface area contributed by atoms with Crippen molar-refractivity contribution in [3.63, 3.8) is 0 Å². The zero-order valence-corrected chi connectivity index (χ0v) is 5.41. The van der Waals surface area contributed by atoms with E-state index in [1.165, 1.54) is 18.4 Å². The lowest BCUT2D eigenvalue weighted by molar-refractivity contribution is 0.591. The van der Waals surface area contributed by atoms with Crippen LogP contribution in [0.1, 0.15) is 19.8 Å². The molecule has 0 amide bonds. The van der Waals surface area contributed by atoms with Crippen LogP contribution in [0.3, 0.4) is 0 Å². The molecule has 0 bridgehead atoms. The lowest BCUT2D eigenvalue weighted by Crippen LogP contribution is -2.19. The van der Waals surface area contributed by atoms with Crippen LogP contribution in [0.5, 0.6) is 0 Å². The molecule has 0 saturated carbocycles. The molecule has 0 aromatic carbocycles. The van der Waals surface area contributed by atoms with Gasteiger partial charge in [-0.1, -0.05) is 19.1 Å². The van der Waals surface area contributed by atoms with Gasteiger partial charge in [0.25, 0.3) is 0 Å². The Hall–Kier alpha value is -0.300. The molecule has 1 heterocycles. The first-order chi connectivity index (χ1) is 3.83. The van der Waals surface area contributed by atoms with Crippen LogP contribution < -0.4 is 5.32 Å². The van der Waals surface area contributed by atoms with Crippen molar-refractivity contribution in [3.8, 4) is 0 Å². The summed E-state index contributed by atoms with van der Waals surface area (Å²) < 4.78 is 0. The van der Waals surface area contributed by atoms with Crippen molar-refractivity contribution in [2.75, 3.05) is 6.54 Å². The summed E-state index contributed by atoms with van der Waals surface area (Å²) in [5, 5.41) is 3.36. The molecule has 0 spiro atoms. The Kier molecular flexibility index (Phi) is 1.69. The Bertz CT molecular complexity index is 96.6. The highest BCUT2D eigenvalue weighted by molar-refractivity contribution is 5.05. The minimum atomic E-state index is 0.725. The second-order valence-electron chi connectivity index (χ2n) is 2.44. The maximum absolute atomic E-state index is 3.89. The van der Waals surface area contributed by atoms with E-state index in [0.29, 0.717) is 0 Å². The molecule has 1 rings (SSSR count). The Morgan fingerprint density at radius 2 is 2.62 bits per heavy atom. The number of hydrogen-bond donors (Lipinski definition) is 1. The van der Waals surface area contributed by atoms with Crippen molar-refractivity contribution < 1.29 is 0 Å². The average Bonchev–Trinajstić information content (AvgIpc) is 2.14. The summed E-state index contributed by atoms with van der Waals surface area (Å²) in [6.07, 6.45) is 2.43. The minimum absolute atomic E-state index is 0.725. The molecule has 1 fully saturated rings. The average molecular weight is 111 g/mol. The van der Waals surface area contributed by atoms with E-state index < -0.39 is 0 Å². The van der Waals surface area contributed by atoms with Gasteiger partial charge in [0.05, 0.1) is 0 Å². The van der Waals surface area contributed by atoms with Gasteiger partial charge in [0.2, 0.25) is 0 Å². The van der Waals surface area contributed by atoms with E-state index in [2.05, 4.69) is 18.8 Å². The zero-order chi connectivity index (χ0) is 5.98. The first-order valence-electron chi connectivity index (χ1n) is 3.23. The molecular formula is C7H13N. The highest BCUT2D eigenvalue weighted by Gasteiger charge is 2.13. The van der Waals surface area contributed by atoms with Crippen LogP contribution in [-0.2, 0) is 0 Å². The Balaban J connectivity index is 2.32. The number of hydrogen-bond acceptors (Lipinski definition) is 1. The molecule has 1 saturated heterocycles. The summed E-state index contributed by atoms with van der Waals surface area (Å²) in [5.41, 5.74) is 1.36. The molecule has 8 heavy (non-hydrogen) atoms. The van der Waals surface area contributed by atoms with Gasteiger partial charge in [-0.25, -0.2) is 0 Å². The van der Waals surface area contributed by atoms with E-state index in [4.69, 9.17) is 0 Å². The number of nitrogens with one attached hydrogen (secondary N) is 1. The van der Waals surface area contributed by atoms with E-state index in [0.717, 1.165) is 12.6 Å². The molecule has 1 unspecified atom stereocenters. The van der Waals surface area contributed by atoms with Crippen LogP contribution in [0.15, 0.2) is 12.2 Å². The van der Waals surface area contributed by atoms with Gasteiger partial charge in [-0.15, -0.1) is 0 Å². The molecule has 1 aliphatic rings. The van der Waals surface area contributed by atoms with Crippen LogP contribution in [0.25, 0.3) is 0 Å². The monoisotopic (exact) mass is 111 g/mol. The summed E-state index contributed by atoms with van der Waals surface area (Å²) in [6, 6.07) is 0.725. The molecular weight excluding hydrogens is 98.1 g/mol. The van der Waals surface area contributed by atoms with Crippen molar-refractivity contribution >= 4 is 0 Å². The Labute approximate surface area is 50.8 Å². The summed E-state index contributed by atoms with van der Waals surface area (Å²) >= 11 is 0. The van der Waals surface area contributed by atoms with E-state index in [-0.39, 0.29) is 0 Å². The molecule has 1 atom stereocenters. The molecule has 46 valence electrons. The Morgan fingerprint density at radius 3 is 2.88 bits per heavy atom. The fourth-order valence-electron chi connectivity index (χ4n) is 1.07. The van der Waals surface area contributed by atoms with E-state index in [1.807, 2.05) is 0 Å². The fraction of sp³-hybridized carbons (Fsp3) is 0.714. The van der Waals surface area contributed by atoms with Crippen molar-refractivity contribution in [2.24, 2.45) is 0 Å². The maximum atomic E-state index is 3.89. The third kappa shape index (κ3) is 1.10. The van der Waals surface area contributed by atoms with Crippen LogP contribution in [0, 0.1) is 0 Å². The van der Waals surface area contributed by atoms with Gasteiger partial charge < -0.3 is 5.32 Å². The summed E-state index contributed by atoms with van der Waals surface area (Å²) in [5.74, 6) is 0. The first-order valence-corrected chi connectivity index (χ1v) is 3.23. The van der Waals surface area contributed by atoms with E-state index >= 15 is 0 Å². The minimum Gasteiger partial charge on any atom is -0.310 e. The number of rotatable bonds is 1. The summed E-state index contributed by atoms with van der Waals surface area (Å²) in [7, 11) is 0. The topological polar surface area (TPSA) is 12.0 Å². The van der Waals surface area contributed by atoms with E-state index in [1.54, 1.807) is 0 Å².